The lowest BCUT2D eigenvalue weighted by Crippen LogP contribution is -2.23. The number of thioether (sulfide) groups is 1. The van der Waals surface area contributed by atoms with Crippen LogP contribution in [0, 0.1) is 0 Å². The average Bonchev–Trinajstić information content (AvgIpc) is 2.95. The van der Waals surface area contributed by atoms with Gasteiger partial charge in [0.2, 0.25) is 0 Å². The molecule has 3 heteroatoms. The van der Waals surface area contributed by atoms with Crippen molar-refractivity contribution in [2.75, 3.05) is 6.54 Å². The zero-order valence-electron chi connectivity index (χ0n) is 14.3. The molecular formula is C20H26N2S. The summed E-state index contributed by atoms with van der Waals surface area (Å²) in [5, 5.41) is 1.20. The summed E-state index contributed by atoms with van der Waals surface area (Å²) in [6, 6.07) is 15.7. The second-order valence-electron chi connectivity index (χ2n) is 7.23. The predicted molar refractivity (Wildman–Crippen MR) is 98.7 cm³/mol. The van der Waals surface area contributed by atoms with Gasteiger partial charge in [-0.1, -0.05) is 57.2 Å². The van der Waals surface area contributed by atoms with Crippen LogP contribution in [0.3, 0.4) is 0 Å². The highest BCUT2D eigenvalue weighted by Gasteiger charge is 2.29. The van der Waals surface area contributed by atoms with E-state index in [0.29, 0.717) is 6.04 Å². The molecule has 23 heavy (non-hydrogen) atoms. The number of hydrogen-bond acceptors (Lipinski definition) is 3. The fourth-order valence-corrected chi connectivity index (χ4v) is 4.23. The van der Waals surface area contributed by atoms with E-state index in [1.807, 2.05) is 18.0 Å². The molecule has 0 radical (unpaired) electrons. The molecular weight excluding hydrogens is 300 g/mol. The van der Waals surface area contributed by atoms with Crippen molar-refractivity contribution in [1.29, 1.82) is 0 Å². The molecule has 1 atom stereocenters. The Bertz CT molecular complexity index is 634. The van der Waals surface area contributed by atoms with E-state index in [4.69, 9.17) is 0 Å². The van der Waals surface area contributed by atoms with Gasteiger partial charge in [0.1, 0.15) is 5.03 Å². The van der Waals surface area contributed by atoms with Gasteiger partial charge in [-0.2, -0.15) is 0 Å². The summed E-state index contributed by atoms with van der Waals surface area (Å²) in [7, 11) is 0. The second-order valence-corrected chi connectivity index (χ2v) is 9.04. The van der Waals surface area contributed by atoms with Crippen LogP contribution in [0.25, 0.3) is 0 Å². The Hall–Kier alpha value is -1.32. The quantitative estimate of drug-likeness (QED) is 0.708. The summed E-state index contributed by atoms with van der Waals surface area (Å²) in [5.41, 5.74) is 2.80. The van der Waals surface area contributed by atoms with Gasteiger partial charge in [0, 0.05) is 29.1 Å². The zero-order chi connectivity index (χ0) is 16.3. The summed E-state index contributed by atoms with van der Waals surface area (Å²) in [6.07, 6.45) is 4.43. The Morgan fingerprint density at radius 2 is 1.91 bits per heavy atom. The summed E-state index contributed by atoms with van der Waals surface area (Å²) >= 11 is 1.88. The maximum atomic E-state index is 4.69. The van der Waals surface area contributed by atoms with Crippen LogP contribution in [0.2, 0.25) is 0 Å². The number of hydrogen-bond donors (Lipinski definition) is 0. The summed E-state index contributed by atoms with van der Waals surface area (Å²) in [4.78, 5) is 7.30. The molecule has 1 aliphatic rings. The Labute approximate surface area is 144 Å². The first kappa shape index (κ1) is 16.5. The minimum atomic E-state index is 0.186. The Morgan fingerprint density at radius 3 is 2.65 bits per heavy atom. The molecule has 3 rings (SSSR count). The third-order valence-electron chi connectivity index (χ3n) is 4.15. The molecule has 1 aromatic carbocycles. The first-order chi connectivity index (χ1) is 11.0. The van der Waals surface area contributed by atoms with Gasteiger partial charge in [0.05, 0.1) is 0 Å². The van der Waals surface area contributed by atoms with Crippen LogP contribution in [0.5, 0.6) is 0 Å². The highest BCUT2D eigenvalue weighted by molar-refractivity contribution is 8.00. The van der Waals surface area contributed by atoms with E-state index in [1.54, 1.807) is 0 Å². The summed E-state index contributed by atoms with van der Waals surface area (Å²) in [5.74, 6) is 0. The van der Waals surface area contributed by atoms with Gasteiger partial charge in [-0.15, -0.1) is 11.8 Å². The van der Waals surface area contributed by atoms with E-state index in [0.717, 1.165) is 6.54 Å². The van der Waals surface area contributed by atoms with Gasteiger partial charge < -0.3 is 0 Å². The van der Waals surface area contributed by atoms with Crippen molar-refractivity contribution in [2.45, 2.75) is 56.0 Å². The van der Waals surface area contributed by atoms with Gasteiger partial charge in [0.15, 0.2) is 0 Å². The third kappa shape index (κ3) is 4.36. The van der Waals surface area contributed by atoms with Crippen LogP contribution < -0.4 is 0 Å². The number of nitrogens with zero attached hydrogens (tertiary/aromatic N) is 2. The molecule has 0 saturated carbocycles. The van der Waals surface area contributed by atoms with E-state index < -0.39 is 0 Å². The average molecular weight is 327 g/mol. The smallest absolute Gasteiger partial charge is 0.101 e. The summed E-state index contributed by atoms with van der Waals surface area (Å²) < 4.78 is 0.186. The lowest BCUT2D eigenvalue weighted by Gasteiger charge is -2.27. The third-order valence-corrected chi connectivity index (χ3v) is 5.30. The molecule has 0 spiro atoms. The van der Waals surface area contributed by atoms with Crippen molar-refractivity contribution in [1.82, 2.24) is 9.88 Å². The molecule has 0 N–H and O–H groups in total. The molecule has 1 aromatic heterocycles. The first-order valence-corrected chi connectivity index (χ1v) is 9.26. The maximum absolute atomic E-state index is 4.69. The molecule has 2 aromatic rings. The Morgan fingerprint density at radius 1 is 1.13 bits per heavy atom. The first-order valence-electron chi connectivity index (χ1n) is 8.45. The molecule has 2 nitrogen and oxygen atoms in total. The molecule has 2 heterocycles. The number of rotatable bonds is 4. The SMILES string of the molecule is CC(C)(C)Sc1ncccc1[C@@H]1CCCN1Cc1ccccc1. The van der Waals surface area contributed by atoms with E-state index in [-0.39, 0.29) is 4.75 Å². The number of benzene rings is 1. The van der Waals surface area contributed by atoms with E-state index in [2.05, 4.69) is 73.1 Å². The van der Waals surface area contributed by atoms with E-state index in [9.17, 15) is 0 Å². The van der Waals surface area contributed by atoms with Crippen LogP contribution in [0.15, 0.2) is 53.7 Å². The highest BCUT2D eigenvalue weighted by atomic mass is 32.2. The maximum Gasteiger partial charge on any atom is 0.101 e. The lowest BCUT2D eigenvalue weighted by molar-refractivity contribution is 0.245. The van der Waals surface area contributed by atoms with Gasteiger partial charge in [-0.3, -0.25) is 4.90 Å². The number of likely N-dealkylation sites (tertiary alicyclic amines) is 1. The molecule has 122 valence electrons. The largest absolute Gasteiger partial charge is 0.292 e. The fourth-order valence-electron chi connectivity index (χ4n) is 3.22. The summed E-state index contributed by atoms with van der Waals surface area (Å²) in [6.45, 7) is 8.97. The molecule has 1 saturated heterocycles. The number of pyridine rings is 1. The van der Waals surface area contributed by atoms with Crippen LogP contribution >= 0.6 is 11.8 Å². The van der Waals surface area contributed by atoms with Crippen molar-refractivity contribution in [3.63, 3.8) is 0 Å². The van der Waals surface area contributed by atoms with Gasteiger partial charge >= 0.3 is 0 Å². The monoisotopic (exact) mass is 326 g/mol. The highest BCUT2D eigenvalue weighted by Crippen LogP contribution is 2.40. The lowest BCUT2D eigenvalue weighted by atomic mass is 10.1. The number of aromatic nitrogens is 1. The van der Waals surface area contributed by atoms with Gasteiger partial charge in [-0.25, -0.2) is 4.98 Å². The molecule has 0 amide bonds. The molecule has 0 bridgehead atoms. The normalized spacial score (nSPS) is 19.2. The minimum Gasteiger partial charge on any atom is -0.292 e. The van der Waals surface area contributed by atoms with Gasteiger partial charge in [-0.05, 0) is 31.0 Å². The van der Waals surface area contributed by atoms with E-state index >= 15 is 0 Å². The predicted octanol–water partition coefficient (Wildman–Crippen LogP) is 5.31. The van der Waals surface area contributed by atoms with Crippen LogP contribution in [-0.2, 0) is 6.54 Å². The molecule has 1 aliphatic heterocycles. The van der Waals surface area contributed by atoms with Crippen LogP contribution in [0.1, 0.15) is 50.8 Å². The van der Waals surface area contributed by atoms with Crippen molar-refractivity contribution in [3.05, 3.63) is 59.8 Å². The van der Waals surface area contributed by atoms with Gasteiger partial charge in [0.25, 0.3) is 0 Å². The second kappa shape index (κ2) is 7.06. The van der Waals surface area contributed by atoms with E-state index in [1.165, 1.54) is 35.5 Å². The van der Waals surface area contributed by atoms with Crippen molar-refractivity contribution in [2.24, 2.45) is 0 Å². The molecule has 0 aliphatic carbocycles. The zero-order valence-corrected chi connectivity index (χ0v) is 15.1. The minimum absolute atomic E-state index is 0.186. The van der Waals surface area contributed by atoms with Crippen LogP contribution in [-0.4, -0.2) is 21.2 Å². The van der Waals surface area contributed by atoms with Crippen LogP contribution in [0.4, 0.5) is 0 Å². The fraction of sp³-hybridized carbons (Fsp3) is 0.450. The van der Waals surface area contributed by atoms with Crippen molar-refractivity contribution in [3.8, 4) is 0 Å². The Kier molecular flexibility index (Phi) is 5.08. The van der Waals surface area contributed by atoms with Crippen molar-refractivity contribution >= 4 is 11.8 Å². The molecule has 1 fully saturated rings. The topological polar surface area (TPSA) is 16.1 Å². The van der Waals surface area contributed by atoms with Crippen molar-refractivity contribution < 1.29 is 0 Å². The molecule has 0 unspecified atom stereocenters. The standard InChI is InChI=1S/C20H26N2S/c1-20(2,3)23-19-17(11-7-13-21-19)18-12-8-14-22(18)15-16-9-5-4-6-10-16/h4-7,9-11,13,18H,8,12,14-15H2,1-3H3/t18-/m0/s1. The Balaban J connectivity index is 1.83.